The van der Waals surface area contributed by atoms with E-state index in [0.29, 0.717) is 12.3 Å². The van der Waals surface area contributed by atoms with Crippen molar-refractivity contribution in [3.8, 4) is 0 Å². The number of likely N-dealkylation sites (N-methyl/N-ethyl adjacent to an activating group) is 1. The van der Waals surface area contributed by atoms with Gasteiger partial charge in [-0.05, 0) is 56.5 Å². The number of cyclic esters (lactones) is 1. The topological polar surface area (TPSA) is 89.8 Å². The van der Waals surface area contributed by atoms with Gasteiger partial charge in [-0.1, -0.05) is 0 Å². The second kappa shape index (κ2) is 9.08. The Morgan fingerprint density at radius 2 is 2.00 bits per heavy atom. The fourth-order valence-corrected chi connectivity index (χ4v) is 4.53. The molecule has 2 aromatic heterocycles. The summed E-state index contributed by atoms with van der Waals surface area (Å²) in [6.45, 7) is 1.73. The molecule has 1 unspecified atom stereocenters. The summed E-state index contributed by atoms with van der Waals surface area (Å²) in [4.78, 5) is 32.2. The van der Waals surface area contributed by atoms with E-state index < -0.39 is 29.8 Å². The molecule has 36 heavy (non-hydrogen) atoms. The average Bonchev–Trinajstić information content (AvgIpc) is 3.45. The Labute approximate surface area is 204 Å². The summed E-state index contributed by atoms with van der Waals surface area (Å²) < 4.78 is 52.7. The summed E-state index contributed by atoms with van der Waals surface area (Å²) in [6, 6.07) is 5.80. The highest BCUT2D eigenvalue weighted by Gasteiger charge is 2.43. The summed E-state index contributed by atoms with van der Waals surface area (Å²) >= 11 is 0. The number of hydrogen-bond acceptors (Lipinski definition) is 6. The van der Waals surface area contributed by atoms with Gasteiger partial charge in [0.2, 0.25) is 0 Å². The number of nitrogens with zero attached hydrogens (tertiary/aromatic N) is 5. The van der Waals surface area contributed by atoms with Crippen LogP contribution in [0.25, 0.3) is 10.9 Å². The van der Waals surface area contributed by atoms with Crippen LogP contribution in [0.5, 0.6) is 0 Å². The number of halogens is 3. The van der Waals surface area contributed by atoms with Gasteiger partial charge in [0, 0.05) is 30.4 Å². The molecule has 2 atom stereocenters. The van der Waals surface area contributed by atoms with Crippen molar-refractivity contribution in [2.24, 2.45) is 0 Å². The van der Waals surface area contributed by atoms with Crippen LogP contribution in [0.15, 0.2) is 36.5 Å². The molecule has 0 radical (unpaired) electrons. The van der Waals surface area contributed by atoms with Gasteiger partial charge in [-0.3, -0.25) is 4.79 Å². The first-order valence-electron chi connectivity index (χ1n) is 11.5. The maximum absolute atomic E-state index is 13.5. The predicted molar refractivity (Wildman–Crippen MR) is 124 cm³/mol. The summed E-state index contributed by atoms with van der Waals surface area (Å²) in [7, 11) is 1.53. The Kier molecular flexibility index (Phi) is 6.07. The Bertz CT molecular complexity index is 1320. The zero-order valence-electron chi connectivity index (χ0n) is 19.7. The molecular formula is C24H24F3N5O4. The number of pyridine rings is 1. The number of rotatable bonds is 4. The van der Waals surface area contributed by atoms with Crippen LogP contribution in [-0.4, -0.2) is 53.1 Å². The molecule has 0 N–H and O–H groups in total. The second-order valence-corrected chi connectivity index (χ2v) is 8.87. The molecule has 0 saturated carbocycles. The molecule has 4 heterocycles. The van der Waals surface area contributed by atoms with Crippen LogP contribution in [0.2, 0.25) is 0 Å². The third kappa shape index (κ3) is 4.36. The van der Waals surface area contributed by atoms with Crippen LogP contribution in [-0.2, 0) is 20.4 Å². The zero-order valence-corrected chi connectivity index (χ0v) is 19.7. The fraction of sp³-hybridized carbons (Fsp3) is 0.417. The van der Waals surface area contributed by atoms with E-state index >= 15 is 0 Å². The number of fused-ring (bicyclic) bond motifs is 1. The molecule has 2 saturated heterocycles. The van der Waals surface area contributed by atoms with Crippen molar-refractivity contribution in [3.63, 3.8) is 0 Å². The minimum atomic E-state index is -4.64. The predicted octanol–water partition coefficient (Wildman–Crippen LogP) is 4.45. The number of aromatic nitrogens is 3. The van der Waals surface area contributed by atoms with Crippen LogP contribution in [0.4, 0.5) is 29.5 Å². The van der Waals surface area contributed by atoms with E-state index in [1.165, 1.54) is 18.9 Å². The van der Waals surface area contributed by atoms with Gasteiger partial charge in [0.05, 0.1) is 17.3 Å². The lowest BCUT2D eigenvalue weighted by molar-refractivity contribution is -0.137. The van der Waals surface area contributed by atoms with Crippen molar-refractivity contribution in [2.75, 3.05) is 30.1 Å². The maximum atomic E-state index is 13.5. The van der Waals surface area contributed by atoms with E-state index in [1.807, 2.05) is 6.07 Å². The first kappa shape index (κ1) is 24.0. The monoisotopic (exact) mass is 503 g/mol. The molecule has 3 aromatic rings. The van der Waals surface area contributed by atoms with Crippen molar-refractivity contribution < 1.29 is 32.2 Å². The number of hydrogen-bond donors (Lipinski definition) is 0. The lowest BCUT2D eigenvalue weighted by Gasteiger charge is -2.26. The summed E-state index contributed by atoms with van der Waals surface area (Å²) in [5, 5.41) is 5.33. The molecule has 0 bridgehead atoms. The van der Waals surface area contributed by atoms with E-state index in [2.05, 4.69) is 10.1 Å². The van der Waals surface area contributed by atoms with Crippen molar-refractivity contribution in [2.45, 2.75) is 44.6 Å². The average molecular weight is 503 g/mol. The number of ether oxygens (including phenoxy) is 2. The lowest BCUT2D eigenvalue weighted by atomic mass is 10.1. The molecule has 0 aliphatic carbocycles. The van der Waals surface area contributed by atoms with Gasteiger partial charge in [0.1, 0.15) is 12.4 Å². The molecule has 2 aliphatic rings. The normalized spacial score (nSPS) is 20.6. The first-order chi connectivity index (χ1) is 17.1. The molecule has 2 amide bonds. The van der Waals surface area contributed by atoms with Crippen molar-refractivity contribution in [3.05, 3.63) is 47.8 Å². The highest BCUT2D eigenvalue weighted by molar-refractivity contribution is 6.06. The number of carbonyl (C=O) groups excluding carboxylic acids is 2. The Balaban J connectivity index is 1.44. The number of anilines is 2. The summed E-state index contributed by atoms with van der Waals surface area (Å²) in [5.74, 6) is -0.823. The molecule has 190 valence electrons. The minimum Gasteiger partial charge on any atom is -0.446 e. The Morgan fingerprint density at radius 3 is 2.72 bits per heavy atom. The smallest absolute Gasteiger partial charge is 0.416 e. The molecule has 2 fully saturated rings. The van der Waals surface area contributed by atoms with Gasteiger partial charge in [-0.2, -0.15) is 18.3 Å². The quantitative estimate of drug-likeness (QED) is 0.523. The van der Waals surface area contributed by atoms with Gasteiger partial charge < -0.3 is 14.4 Å². The second-order valence-electron chi connectivity index (χ2n) is 8.87. The maximum Gasteiger partial charge on any atom is 0.416 e. The molecule has 9 nitrogen and oxygen atoms in total. The fourth-order valence-electron chi connectivity index (χ4n) is 4.53. The molecule has 2 aliphatic heterocycles. The molecule has 1 aromatic carbocycles. The number of aryl methyl sites for hydroxylation is 1. The SMILES string of the molecule is Cc1cc(C(F)(F)F)cc(N2C(=O)OC[C@H]2C(=O)N(C)c2ccc3cnn(C4CCCCO4)c3c2)n1. The van der Waals surface area contributed by atoms with Gasteiger partial charge in [-0.15, -0.1) is 0 Å². The Morgan fingerprint density at radius 1 is 1.19 bits per heavy atom. The number of benzene rings is 1. The third-order valence-corrected chi connectivity index (χ3v) is 6.40. The van der Waals surface area contributed by atoms with Crippen LogP contribution >= 0.6 is 0 Å². The van der Waals surface area contributed by atoms with Crippen molar-refractivity contribution in [1.29, 1.82) is 0 Å². The number of alkyl halides is 3. The largest absolute Gasteiger partial charge is 0.446 e. The molecule has 12 heteroatoms. The zero-order chi connectivity index (χ0) is 25.6. The summed E-state index contributed by atoms with van der Waals surface area (Å²) in [6.07, 6.45) is -1.19. The van der Waals surface area contributed by atoms with Crippen LogP contribution in [0.3, 0.4) is 0 Å². The van der Waals surface area contributed by atoms with E-state index in [-0.39, 0.29) is 24.3 Å². The highest BCUT2D eigenvalue weighted by atomic mass is 19.4. The van der Waals surface area contributed by atoms with E-state index in [4.69, 9.17) is 9.47 Å². The highest BCUT2D eigenvalue weighted by Crippen LogP contribution is 2.34. The van der Waals surface area contributed by atoms with Crippen LogP contribution in [0, 0.1) is 6.92 Å². The van der Waals surface area contributed by atoms with E-state index in [0.717, 1.165) is 47.2 Å². The number of amides is 2. The lowest BCUT2D eigenvalue weighted by Crippen LogP contribution is -2.47. The van der Waals surface area contributed by atoms with E-state index in [9.17, 15) is 22.8 Å². The van der Waals surface area contributed by atoms with Crippen LogP contribution < -0.4 is 9.80 Å². The van der Waals surface area contributed by atoms with Gasteiger partial charge >= 0.3 is 12.3 Å². The molecule has 5 rings (SSSR count). The van der Waals surface area contributed by atoms with E-state index in [1.54, 1.807) is 23.0 Å². The molecule has 0 spiro atoms. The molecular weight excluding hydrogens is 479 g/mol. The minimum absolute atomic E-state index is 0.0581. The van der Waals surface area contributed by atoms with Crippen molar-refractivity contribution in [1.82, 2.24) is 14.8 Å². The van der Waals surface area contributed by atoms with Crippen molar-refractivity contribution >= 4 is 34.4 Å². The third-order valence-electron chi connectivity index (χ3n) is 6.40. The van der Waals surface area contributed by atoms with Gasteiger partial charge in [0.15, 0.2) is 12.3 Å². The van der Waals surface area contributed by atoms with Gasteiger partial charge in [0.25, 0.3) is 5.91 Å². The standard InChI is InChI=1S/C24H24F3N5O4/c1-14-9-16(24(25,26)27)10-20(29-14)31-19(13-36-23(31)34)22(33)30(2)17-7-6-15-12-28-32(18(15)11-17)21-5-3-4-8-35-21/h6-7,9-12,19,21H,3-5,8,13H2,1-2H3/t19-,21?/m0/s1. The first-order valence-corrected chi connectivity index (χ1v) is 11.5. The van der Waals surface area contributed by atoms with Crippen LogP contribution in [0.1, 0.15) is 36.7 Å². The Hall–Kier alpha value is -3.67. The number of carbonyl (C=O) groups is 2. The van der Waals surface area contributed by atoms with Gasteiger partial charge in [-0.25, -0.2) is 19.4 Å². The summed E-state index contributed by atoms with van der Waals surface area (Å²) in [5.41, 5.74) is 0.401.